The van der Waals surface area contributed by atoms with Gasteiger partial charge < -0.3 is 5.11 Å². The molecule has 0 saturated heterocycles. The third-order valence-corrected chi connectivity index (χ3v) is 4.07. The van der Waals surface area contributed by atoms with Crippen LogP contribution in [0.2, 0.25) is 5.02 Å². The van der Waals surface area contributed by atoms with E-state index in [1.54, 1.807) is 0 Å². The van der Waals surface area contributed by atoms with Crippen LogP contribution in [-0.4, -0.2) is 18.5 Å². The van der Waals surface area contributed by atoms with Crippen molar-refractivity contribution in [2.45, 2.75) is 4.90 Å². The molecule has 0 fully saturated rings. The first-order chi connectivity index (χ1) is 8.90. The first kappa shape index (κ1) is 13.6. The van der Waals surface area contributed by atoms with E-state index in [0.29, 0.717) is 0 Å². The molecule has 8 heteroatoms. The maximum absolute atomic E-state index is 13.1. The predicted octanol–water partition coefficient (Wildman–Crippen LogP) is 2.38. The third kappa shape index (κ3) is 2.94. The van der Waals surface area contributed by atoms with Gasteiger partial charge in [0.15, 0.2) is 11.6 Å². The largest absolute Gasteiger partial charge is 0.505 e. The van der Waals surface area contributed by atoms with Gasteiger partial charge in [0, 0.05) is 18.5 Å². The van der Waals surface area contributed by atoms with E-state index in [0.717, 1.165) is 18.3 Å². The van der Waals surface area contributed by atoms with Crippen molar-refractivity contribution >= 4 is 27.3 Å². The predicted molar refractivity (Wildman–Crippen MR) is 68.1 cm³/mol. The number of nitrogens with one attached hydrogen (secondary N) is 1. The van der Waals surface area contributed by atoms with Crippen LogP contribution in [0.1, 0.15) is 0 Å². The van der Waals surface area contributed by atoms with Gasteiger partial charge in [-0.1, -0.05) is 11.6 Å². The van der Waals surface area contributed by atoms with Crippen molar-refractivity contribution in [3.8, 4) is 5.75 Å². The topological polar surface area (TPSA) is 79.3 Å². The summed E-state index contributed by atoms with van der Waals surface area (Å²) in [7, 11) is -3.97. The lowest BCUT2D eigenvalue weighted by atomic mass is 10.3. The van der Waals surface area contributed by atoms with Gasteiger partial charge in [-0.3, -0.25) is 9.71 Å². The van der Waals surface area contributed by atoms with Crippen LogP contribution < -0.4 is 4.72 Å². The number of aromatic hydroxyl groups is 1. The second-order valence-corrected chi connectivity index (χ2v) is 5.64. The molecule has 0 aliphatic rings. The summed E-state index contributed by atoms with van der Waals surface area (Å²) in [6, 6.07) is 4.45. The molecule has 2 aromatic rings. The van der Waals surface area contributed by atoms with E-state index in [1.165, 1.54) is 18.3 Å². The lowest BCUT2D eigenvalue weighted by Gasteiger charge is -2.09. The Morgan fingerprint density at radius 2 is 2.05 bits per heavy atom. The van der Waals surface area contributed by atoms with Crippen LogP contribution in [0.5, 0.6) is 5.75 Å². The molecule has 100 valence electrons. The van der Waals surface area contributed by atoms with Gasteiger partial charge in [0.2, 0.25) is 0 Å². The maximum Gasteiger partial charge on any atom is 0.264 e. The van der Waals surface area contributed by atoms with Gasteiger partial charge in [-0.2, -0.15) is 0 Å². The summed E-state index contributed by atoms with van der Waals surface area (Å²) in [4.78, 5) is 3.45. The van der Waals surface area contributed by atoms with E-state index in [-0.39, 0.29) is 15.6 Å². The number of nitrogens with zero attached hydrogens (tertiary/aromatic N) is 1. The van der Waals surface area contributed by atoms with Crippen LogP contribution in [0, 0.1) is 5.82 Å². The van der Waals surface area contributed by atoms with Gasteiger partial charge in [0.25, 0.3) is 10.0 Å². The van der Waals surface area contributed by atoms with Gasteiger partial charge in [-0.15, -0.1) is 0 Å². The van der Waals surface area contributed by atoms with E-state index < -0.39 is 21.6 Å². The first-order valence-electron chi connectivity index (χ1n) is 5.01. The van der Waals surface area contributed by atoms with Crippen LogP contribution >= 0.6 is 11.6 Å². The smallest absolute Gasteiger partial charge is 0.264 e. The van der Waals surface area contributed by atoms with Crippen LogP contribution in [-0.2, 0) is 10.0 Å². The highest BCUT2D eigenvalue weighted by atomic mass is 35.5. The van der Waals surface area contributed by atoms with Crippen LogP contribution in [0.3, 0.4) is 0 Å². The van der Waals surface area contributed by atoms with Crippen molar-refractivity contribution in [3.63, 3.8) is 0 Å². The Labute approximate surface area is 113 Å². The van der Waals surface area contributed by atoms with E-state index in [2.05, 4.69) is 9.71 Å². The lowest BCUT2D eigenvalue weighted by molar-refractivity contribution is 0.432. The maximum atomic E-state index is 13.1. The minimum Gasteiger partial charge on any atom is -0.505 e. The van der Waals surface area contributed by atoms with E-state index in [9.17, 15) is 12.8 Å². The molecule has 0 atom stereocenters. The van der Waals surface area contributed by atoms with Crippen molar-refractivity contribution < 1.29 is 17.9 Å². The molecule has 1 aromatic carbocycles. The molecule has 0 saturated carbocycles. The number of rotatable bonds is 3. The zero-order valence-electron chi connectivity index (χ0n) is 9.34. The molecule has 0 spiro atoms. The number of aromatic nitrogens is 1. The van der Waals surface area contributed by atoms with Gasteiger partial charge in [0.05, 0.1) is 10.7 Å². The number of hydrogen-bond donors (Lipinski definition) is 2. The molecule has 0 aliphatic heterocycles. The Bertz CT molecular complexity index is 722. The Kier molecular flexibility index (Phi) is 3.59. The molecule has 2 rings (SSSR count). The quantitative estimate of drug-likeness (QED) is 0.853. The summed E-state index contributed by atoms with van der Waals surface area (Å²) >= 11 is 5.76. The molecule has 0 amide bonds. The second-order valence-electron chi connectivity index (χ2n) is 3.58. The normalized spacial score (nSPS) is 11.3. The van der Waals surface area contributed by atoms with Gasteiger partial charge in [-0.25, -0.2) is 12.8 Å². The van der Waals surface area contributed by atoms with Crippen molar-refractivity contribution in [1.29, 1.82) is 0 Å². The Morgan fingerprint density at radius 1 is 1.32 bits per heavy atom. The molecule has 19 heavy (non-hydrogen) atoms. The highest BCUT2D eigenvalue weighted by Crippen LogP contribution is 2.24. The number of halogens is 2. The zero-order valence-corrected chi connectivity index (χ0v) is 10.9. The average Bonchev–Trinajstić information content (AvgIpc) is 2.34. The van der Waals surface area contributed by atoms with E-state index in [4.69, 9.17) is 16.7 Å². The summed E-state index contributed by atoms with van der Waals surface area (Å²) in [5.74, 6) is -1.50. The number of sulfonamides is 1. The number of phenols is 1. The van der Waals surface area contributed by atoms with Crippen molar-refractivity contribution in [2.75, 3.05) is 4.72 Å². The lowest BCUT2D eigenvalue weighted by Crippen LogP contribution is -2.13. The molecule has 1 heterocycles. The highest BCUT2D eigenvalue weighted by Gasteiger charge is 2.18. The van der Waals surface area contributed by atoms with Crippen LogP contribution in [0.25, 0.3) is 0 Å². The molecule has 2 N–H and O–H groups in total. The zero-order chi connectivity index (χ0) is 14.0. The van der Waals surface area contributed by atoms with E-state index >= 15 is 0 Å². The Morgan fingerprint density at radius 3 is 2.68 bits per heavy atom. The Hall–Kier alpha value is -1.86. The molecular formula is C11H8ClFN2O3S. The summed E-state index contributed by atoms with van der Waals surface area (Å²) < 4.78 is 39.2. The second kappa shape index (κ2) is 5.02. The van der Waals surface area contributed by atoms with Gasteiger partial charge >= 0.3 is 0 Å². The summed E-state index contributed by atoms with van der Waals surface area (Å²) in [6.45, 7) is 0. The molecule has 1 aromatic heterocycles. The molecule has 0 bridgehead atoms. The van der Waals surface area contributed by atoms with Crippen LogP contribution in [0.15, 0.2) is 41.6 Å². The number of benzene rings is 1. The monoisotopic (exact) mass is 302 g/mol. The number of pyridine rings is 1. The standard InChI is InChI=1S/C11H8ClFN2O3S/c12-8-3-4-14-6-11(8)19(17,18)15-7-1-2-10(16)9(13)5-7/h1-6,15-16H. The first-order valence-corrected chi connectivity index (χ1v) is 6.87. The van der Waals surface area contributed by atoms with Gasteiger partial charge in [0.1, 0.15) is 4.90 Å². The molecular weight excluding hydrogens is 295 g/mol. The fourth-order valence-electron chi connectivity index (χ4n) is 1.34. The summed E-state index contributed by atoms with van der Waals surface area (Å²) in [5.41, 5.74) is -0.0322. The van der Waals surface area contributed by atoms with E-state index in [1.807, 2.05) is 0 Å². The summed E-state index contributed by atoms with van der Waals surface area (Å²) in [5, 5.41) is 9.02. The molecule has 5 nitrogen and oxygen atoms in total. The van der Waals surface area contributed by atoms with Gasteiger partial charge in [-0.05, 0) is 18.2 Å². The Balaban J connectivity index is 2.37. The fourth-order valence-corrected chi connectivity index (χ4v) is 2.82. The summed E-state index contributed by atoms with van der Waals surface area (Å²) in [6.07, 6.45) is 2.43. The van der Waals surface area contributed by atoms with Crippen molar-refractivity contribution in [2.24, 2.45) is 0 Å². The highest BCUT2D eigenvalue weighted by molar-refractivity contribution is 7.92. The minimum atomic E-state index is -3.97. The third-order valence-electron chi connectivity index (χ3n) is 2.22. The van der Waals surface area contributed by atoms with Crippen molar-refractivity contribution in [3.05, 3.63) is 47.5 Å². The molecule has 0 radical (unpaired) electrons. The SMILES string of the molecule is O=S(=O)(Nc1ccc(O)c(F)c1)c1cnccc1Cl. The number of phenolic OH excluding ortho intramolecular Hbond substituents is 1. The molecule has 0 aliphatic carbocycles. The molecule has 0 unspecified atom stereocenters. The number of anilines is 1. The number of hydrogen-bond acceptors (Lipinski definition) is 4. The minimum absolute atomic E-state index is 0.00162. The van der Waals surface area contributed by atoms with Crippen molar-refractivity contribution in [1.82, 2.24) is 4.98 Å². The average molecular weight is 303 g/mol. The van der Waals surface area contributed by atoms with Crippen LogP contribution in [0.4, 0.5) is 10.1 Å². The fraction of sp³-hybridized carbons (Fsp3) is 0.